The van der Waals surface area contributed by atoms with Crippen molar-refractivity contribution in [3.63, 3.8) is 0 Å². The Morgan fingerprint density at radius 3 is 1.90 bits per heavy atom. The maximum atomic E-state index is 10.9. The third-order valence-corrected chi connectivity index (χ3v) is 3.36. The standard InChI is InChI=1S/C11H14N2O.C8H7NO3.C2H6.CH2O2/c1-8-6-4-5-7-11(8)13-12-9(2)10(3)14;10-5-9-7-3-1-6(2-4-7)8(11)12;1-2;2-1-3/h4-7,13H,1-3H3;1-5H,(H,9,10)(H,11,12);1-2H3;1H,(H,2,3)/b12-9+;;;. The van der Waals surface area contributed by atoms with E-state index in [1.807, 2.05) is 45.0 Å². The molecule has 0 saturated carbocycles. The van der Waals surface area contributed by atoms with E-state index in [1.165, 1.54) is 31.2 Å². The minimum absolute atomic E-state index is 0.0221. The van der Waals surface area contributed by atoms with Crippen LogP contribution < -0.4 is 10.7 Å². The second-order valence-corrected chi connectivity index (χ2v) is 5.43. The summed E-state index contributed by atoms with van der Waals surface area (Å²) in [6.45, 7) is 8.92. The number of ketones is 1. The highest BCUT2D eigenvalue weighted by atomic mass is 16.4. The molecule has 0 atom stereocenters. The molecule has 9 nitrogen and oxygen atoms in total. The number of Topliss-reactive ketones (excluding diaryl/α,β-unsaturated/α-hetero) is 1. The zero-order valence-electron chi connectivity index (χ0n) is 18.2. The summed E-state index contributed by atoms with van der Waals surface area (Å²) >= 11 is 0. The largest absolute Gasteiger partial charge is 0.483 e. The molecule has 2 aromatic carbocycles. The lowest BCUT2D eigenvalue weighted by Crippen LogP contribution is -2.07. The van der Waals surface area contributed by atoms with E-state index >= 15 is 0 Å². The molecule has 4 N–H and O–H groups in total. The van der Waals surface area contributed by atoms with E-state index in [9.17, 15) is 14.4 Å². The van der Waals surface area contributed by atoms with E-state index in [4.69, 9.17) is 15.0 Å². The fraction of sp³-hybridized carbons (Fsp3) is 0.227. The fourth-order valence-electron chi connectivity index (χ4n) is 1.70. The van der Waals surface area contributed by atoms with Crippen LogP contribution in [-0.2, 0) is 14.4 Å². The van der Waals surface area contributed by atoms with Gasteiger partial charge >= 0.3 is 5.97 Å². The molecule has 31 heavy (non-hydrogen) atoms. The lowest BCUT2D eigenvalue weighted by Gasteiger charge is -2.04. The van der Waals surface area contributed by atoms with Gasteiger partial charge in [0.05, 0.1) is 11.3 Å². The van der Waals surface area contributed by atoms with Gasteiger partial charge in [0.1, 0.15) is 5.71 Å². The van der Waals surface area contributed by atoms with E-state index < -0.39 is 5.97 Å². The van der Waals surface area contributed by atoms with Crippen molar-refractivity contribution >= 4 is 41.7 Å². The molecule has 0 heterocycles. The highest BCUT2D eigenvalue weighted by molar-refractivity contribution is 6.38. The summed E-state index contributed by atoms with van der Waals surface area (Å²) in [5, 5.41) is 21.8. The number of hydrazone groups is 1. The summed E-state index contributed by atoms with van der Waals surface area (Å²) in [7, 11) is 0. The summed E-state index contributed by atoms with van der Waals surface area (Å²) in [5.74, 6) is -1.00. The first-order valence-corrected chi connectivity index (χ1v) is 9.25. The van der Waals surface area contributed by atoms with Crippen molar-refractivity contribution in [3.8, 4) is 0 Å². The Hall–Kier alpha value is -4.01. The van der Waals surface area contributed by atoms with Crippen LogP contribution in [0.15, 0.2) is 53.6 Å². The SMILES string of the molecule is CC.CC(=O)/C(C)=N/Nc1ccccc1C.O=CNc1ccc(C(=O)O)cc1.O=CO. The van der Waals surface area contributed by atoms with Crippen LogP contribution in [0, 0.1) is 6.92 Å². The number of carboxylic acids is 1. The summed E-state index contributed by atoms with van der Waals surface area (Å²) in [5.41, 5.74) is 6.15. The first kappa shape index (κ1) is 29.2. The van der Waals surface area contributed by atoms with E-state index in [1.54, 1.807) is 6.92 Å². The smallest absolute Gasteiger partial charge is 0.335 e. The van der Waals surface area contributed by atoms with Gasteiger partial charge < -0.3 is 15.5 Å². The van der Waals surface area contributed by atoms with Gasteiger partial charge in [-0.3, -0.25) is 19.8 Å². The third-order valence-electron chi connectivity index (χ3n) is 3.36. The molecule has 0 fully saturated rings. The van der Waals surface area contributed by atoms with Gasteiger partial charge in [-0.1, -0.05) is 32.0 Å². The van der Waals surface area contributed by atoms with Gasteiger partial charge in [-0.25, -0.2) is 4.79 Å². The Morgan fingerprint density at radius 2 is 1.48 bits per heavy atom. The van der Waals surface area contributed by atoms with Crippen LogP contribution in [0.5, 0.6) is 0 Å². The van der Waals surface area contributed by atoms with Crippen LogP contribution in [0.3, 0.4) is 0 Å². The predicted molar refractivity (Wildman–Crippen MR) is 122 cm³/mol. The summed E-state index contributed by atoms with van der Waals surface area (Å²) in [6.07, 6.45) is 0.537. The second kappa shape index (κ2) is 18.0. The van der Waals surface area contributed by atoms with Gasteiger partial charge in [-0.15, -0.1) is 0 Å². The maximum absolute atomic E-state index is 10.9. The van der Waals surface area contributed by atoms with Crippen LogP contribution in [0.2, 0.25) is 0 Å². The van der Waals surface area contributed by atoms with E-state index in [2.05, 4.69) is 15.8 Å². The van der Waals surface area contributed by atoms with Crippen LogP contribution in [0.4, 0.5) is 11.4 Å². The molecule has 0 spiro atoms. The van der Waals surface area contributed by atoms with Crippen molar-refractivity contribution in [3.05, 3.63) is 59.7 Å². The van der Waals surface area contributed by atoms with Crippen molar-refractivity contribution in [2.45, 2.75) is 34.6 Å². The number of nitrogens with zero attached hydrogens (tertiary/aromatic N) is 1. The first-order chi connectivity index (χ1) is 14.8. The van der Waals surface area contributed by atoms with Gasteiger partial charge in [0.2, 0.25) is 6.41 Å². The average molecular weight is 431 g/mol. The lowest BCUT2D eigenvalue weighted by molar-refractivity contribution is -0.123. The minimum atomic E-state index is -0.979. The van der Waals surface area contributed by atoms with Crippen molar-refractivity contribution < 1.29 is 29.4 Å². The van der Waals surface area contributed by atoms with Gasteiger partial charge in [-0.05, 0) is 49.7 Å². The zero-order valence-corrected chi connectivity index (χ0v) is 18.2. The molecule has 1 amide bonds. The Labute approximate surface area is 181 Å². The van der Waals surface area contributed by atoms with Gasteiger partial charge in [0.15, 0.2) is 5.78 Å². The lowest BCUT2D eigenvalue weighted by atomic mass is 10.2. The number of nitrogens with one attached hydrogen (secondary N) is 2. The second-order valence-electron chi connectivity index (χ2n) is 5.43. The number of carboxylic acid groups (broad SMARTS) is 2. The van der Waals surface area contributed by atoms with E-state index in [0.717, 1.165) is 11.3 Å². The number of hydrogen-bond acceptors (Lipinski definition) is 6. The number of aryl methyl sites for hydroxylation is 1. The van der Waals surface area contributed by atoms with Crippen molar-refractivity contribution in [2.75, 3.05) is 10.7 Å². The number of rotatable bonds is 6. The summed E-state index contributed by atoms with van der Waals surface area (Å²) < 4.78 is 0. The highest BCUT2D eigenvalue weighted by Gasteiger charge is 2.00. The van der Waals surface area contributed by atoms with E-state index in [-0.39, 0.29) is 17.8 Å². The molecule has 2 rings (SSSR count). The normalized spacial score (nSPS) is 9.13. The van der Waals surface area contributed by atoms with Gasteiger partial charge in [-0.2, -0.15) is 5.10 Å². The molecular formula is C22H29N3O6. The Kier molecular flexibility index (Phi) is 17.0. The molecule has 0 aromatic heterocycles. The van der Waals surface area contributed by atoms with Gasteiger partial charge in [0, 0.05) is 12.6 Å². The summed E-state index contributed by atoms with van der Waals surface area (Å²) in [4.78, 5) is 39.6. The number of para-hydroxylation sites is 1. The Bertz CT molecular complexity index is 849. The number of carbonyl (C=O) groups is 4. The molecule has 0 aliphatic heterocycles. The van der Waals surface area contributed by atoms with Crippen molar-refractivity contribution in [1.29, 1.82) is 0 Å². The molecule has 2 aromatic rings. The maximum Gasteiger partial charge on any atom is 0.335 e. The number of anilines is 2. The van der Waals surface area contributed by atoms with Crippen LogP contribution in [0.25, 0.3) is 0 Å². The van der Waals surface area contributed by atoms with Crippen molar-refractivity contribution in [2.24, 2.45) is 5.10 Å². The number of aromatic carboxylic acids is 1. The number of amides is 1. The molecule has 0 aliphatic carbocycles. The molecule has 0 radical (unpaired) electrons. The zero-order chi connectivity index (χ0) is 24.2. The topological polar surface area (TPSA) is 145 Å². The molecule has 0 bridgehead atoms. The molecule has 9 heteroatoms. The van der Waals surface area contributed by atoms with Crippen LogP contribution >= 0.6 is 0 Å². The monoisotopic (exact) mass is 431 g/mol. The number of carbonyl (C=O) groups excluding carboxylic acids is 2. The predicted octanol–water partition coefficient (Wildman–Crippen LogP) is 4.05. The molecule has 0 unspecified atom stereocenters. The molecule has 168 valence electrons. The van der Waals surface area contributed by atoms with Crippen LogP contribution in [-0.4, -0.2) is 40.6 Å². The van der Waals surface area contributed by atoms with E-state index in [0.29, 0.717) is 17.8 Å². The minimum Gasteiger partial charge on any atom is -0.483 e. The van der Waals surface area contributed by atoms with Crippen molar-refractivity contribution in [1.82, 2.24) is 0 Å². The van der Waals surface area contributed by atoms with Crippen LogP contribution in [0.1, 0.15) is 43.6 Å². The third kappa shape index (κ3) is 13.7. The summed E-state index contributed by atoms with van der Waals surface area (Å²) in [6, 6.07) is 13.7. The highest BCUT2D eigenvalue weighted by Crippen LogP contribution is 2.12. The molecular weight excluding hydrogens is 402 g/mol. The molecule has 0 aliphatic rings. The number of hydrogen-bond donors (Lipinski definition) is 4. The molecule has 0 saturated heterocycles. The van der Waals surface area contributed by atoms with Gasteiger partial charge in [0.25, 0.3) is 6.47 Å². The fourth-order valence-corrected chi connectivity index (χ4v) is 1.70. The average Bonchev–Trinajstić information content (AvgIpc) is 2.76. The number of benzene rings is 2. The quantitative estimate of drug-likeness (QED) is 0.307. The Morgan fingerprint density at radius 1 is 0.968 bits per heavy atom. The first-order valence-electron chi connectivity index (χ1n) is 9.25. The Balaban J connectivity index is 0.